The van der Waals surface area contributed by atoms with Crippen molar-refractivity contribution in [2.45, 2.75) is 32.1 Å². The summed E-state index contributed by atoms with van der Waals surface area (Å²) in [6, 6.07) is 9.49. The highest BCUT2D eigenvalue weighted by Crippen LogP contribution is 2.18. The lowest BCUT2D eigenvalue weighted by Gasteiger charge is -2.31. The largest absolute Gasteiger partial charge is 0.493 e. The summed E-state index contributed by atoms with van der Waals surface area (Å²) < 4.78 is 5.57. The lowest BCUT2D eigenvalue weighted by Crippen LogP contribution is -2.43. The fourth-order valence-corrected chi connectivity index (χ4v) is 2.95. The molecule has 0 aliphatic carbocycles. The molecule has 1 saturated heterocycles. The van der Waals surface area contributed by atoms with Crippen molar-refractivity contribution >= 4 is 11.8 Å². The number of nitrogens with zero attached hydrogens (tertiary/aromatic N) is 1. The fourth-order valence-electron chi connectivity index (χ4n) is 2.95. The number of carbonyl (C=O) groups excluding carboxylic acids is 2. The molecular formula is C19H29N3O3. The van der Waals surface area contributed by atoms with Gasteiger partial charge in [0.05, 0.1) is 13.0 Å². The molecule has 2 amide bonds. The van der Waals surface area contributed by atoms with E-state index in [4.69, 9.17) is 10.5 Å². The first-order valence-corrected chi connectivity index (χ1v) is 9.14. The summed E-state index contributed by atoms with van der Waals surface area (Å²) in [5.41, 5.74) is 5.44. The molecule has 0 atom stereocenters. The number of unbranched alkanes of at least 4 members (excludes halogenated alkanes) is 1. The Morgan fingerprint density at radius 2 is 1.88 bits per heavy atom. The van der Waals surface area contributed by atoms with Crippen LogP contribution >= 0.6 is 0 Å². The van der Waals surface area contributed by atoms with E-state index in [1.807, 2.05) is 35.2 Å². The molecule has 0 saturated carbocycles. The predicted molar refractivity (Wildman–Crippen MR) is 97.2 cm³/mol. The number of para-hydroxylation sites is 1. The number of hydrogen-bond acceptors (Lipinski definition) is 4. The molecule has 1 aliphatic heterocycles. The molecule has 1 fully saturated rings. The number of nitrogens with one attached hydrogen (secondary N) is 1. The second-order valence-electron chi connectivity index (χ2n) is 6.35. The standard InChI is InChI=1S/C19H29N3O3/c20-11-4-5-12-21-19(24)16-8-13-22(14-9-16)18(23)10-15-25-17-6-2-1-3-7-17/h1-3,6-7,16H,4-5,8-15,20H2,(H,21,24). The molecule has 1 aliphatic rings. The molecule has 6 nitrogen and oxygen atoms in total. The average Bonchev–Trinajstić information content (AvgIpc) is 2.66. The maximum atomic E-state index is 12.2. The molecule has 1 aromatic carbocycles. The zero-order valence-electron chi connectivity index (χ0n) is 14.8. The van der Waals surface area contributed by atoms with Gasteiger partial charge in [0, 0.05) is 25.6 Å². The van der Waals surface area contributed by atoms with E-state index in [0.29, 0.717) is 39.2 Å². The van der Waals surface area contributed by atoms with Gasteiger partial charge in [0.1, 0.15) is 5.75 Å². The zero-order valence-corrected chi connectivity index (χ0v) is 14.8. The third-order valence-electron chi connectivity index (χ3n) is 4.48. The Balaban J connectivity index is 1.62. The van der Waals surface area contributed by atoms with Gasteiger partial charge in [-0.1, -0.05) is 18.2 Å². The molecule has 2 rings (SSSR count). The molecular weight excluding hydrogens is 318 g/mol. The van der Waals surface area contributed by atoms with Crippen molar-refractivity contribution in [2.75, 3.05) is 32.8 Å². The topological polar surface area (TPSA) is 84.7 Å². The Morgan fingerprint density at radius 1 is 1.16 bits per heavy atom. The molecule has 6 heteroatoms. The summed E-state index contributed by atoms with van der Waals surface area (Å²) in [6.45, 7) is 3.01. The summed E-state index contributed by atoms with van der Waals surface area (Å²) in [5.74, 6) is 0.997. The van der Waals surface area contributed by atoms with E-state index in [1.165, 1.54) is 0 Å². The van der Waals surface area contributed by atoms with E-state index in [-0.39, 0.29) is 17.7 Å². The zero-order chi connectivity index (χ0) is 17.9. The van der Waals surface area contributed by atoms with Crippen LogP contribution < -0.4 is 15.8 Å². The van der Waals surface area contributed by atoms with Crippen LogP contribution in [0, 0.1) is 5.92 Å². The van der Waals surface area contributed by atoms with Crippen LogP contribution in [0.3, 0.4) is 0 Å². The number of rotatable bonds is 9. The Labute approximate surface area is 149 Å². The summed E-state index contributed by atoms with van der Waals surface area (Å²) in [6.07, 6.45) is 3.67. The fraction of sp³-hybridized carbons (Fsp3) is 0.579. The minimum atomic E-state index is 0.0162. The molecule has 0 radical (unpaired) electrons. The normalized spacial score (nSPS) is 15.0. The second kappa shape index (κ2) is 10.7. The first-order valence-electron chi connectivity index (χ1n) is 9.14. The number of benzene rings is 1. The number of nitrogens with two attached hydrogens (primary N) is 1. The third kappa shape index (κ3) is 6.74. The van der Waals surface area contributed by atoms with Gasteiger partial charge >= 0.3 is 0 Å². The predicted octanol–water partition coefficient (Wildman–Crippen LogP) is 1.55. The second-order valence-corrected chi connectivity index (χ2v) is 6.35. The van der Waals surface area contributed by atoms with E-state index >= 15 is 0 Å². The summed E-state index contributed by atoms with van der Waals surface area (Å²) >= 11 is 0. The van der Waals surface area contributed by atoms with E-state index in [9.17, 15) is 9.59 Å². The van der Waals surface area contributed by atoms with Crippen molar-refractivity contribution in [1.82, 2.24) is 10.2 Å². The van der Waals surface area contributed by atoms with Crippen molar-refractivity contribution in [1.29, 1.82) is 0 Å². The molecule has 0 spiro atoms. The molecule has 0 aromatic heterocycles. The van der Waals surface area contributed by atoms with Crippen molar-refractivity contribution in [3.8, 4) is 5.75 Å². The van der Waals surface area contributed by atoms with Gasteiger partial charge < -0.3 is 20.7 Å². The van der Waals surface area contributed by atoms with Crippen LogP contribution in [0.1, 0.15) is 32.1 Å². The summed E-state index contributed by atoms with van der Waals surface area (Å²) in [4.78, 5) is 26.2. The summed E-state index contributed by atoms with van der Waals surface area (Å²) in [7, 11) is 0. The highest BCUT2D eigenvalue weighted by atomic mass is 16.5. The Kier molecular flexibility index (Phi) is 8.25. The molecule has 1 aromatic rings. The van der Waals surface area contributed by atoms with E-state index in [0.717, 1.165) is 31.4 Å². The van der Waals surface area contributed by atoms with Crippen LogP contribution in [0.25, 0.3) is 0 Å². The first-order chi connectivity index (χ1) is 12.2. The molecule has 1 heterocycles. The number of likely N-dealkylation sites (tertiary alicyclic amines) is 1. The van der Waals surface area contributed by atoms with Crippen LogP contribution in [0.2, 0.25) is 0 Å². The van der Waals surface area contributed by atoms with Crippen molar-refractivity contribution in [3.63, 3.8) is 0 Å². The van der Waals surface area contributed by atoms with Crippen LogP contribution in [0.5, 0.6) is 5.75 Å². The number of ether oxygens (including phenoxy) is 1. The third-order valence-corrected chi connectivity index (χ3v) is 4.48. The van der Waals surface area contributed by atoms with Crippen molar-refractivity contribution in [2.24, 2.45) is 11.7 Å². The minimum absolute atomic E-state index is 0.0162. The quantitative estimate of drug-likeness (QED) is 0.664. The van der Waals surface area contributed by atoms with E-state index < -0.39 is 0 Å². The molecule has 0 bridgehead atoms. The molecule has 0 unspecified atom stereocenters. The number of piperidine rings is 1. The number of carbonyl (C=O) groups is 2. The number of hydrogen-bond donors (Lipinski definition) is 2. The smallest absolute Gasteiger partial charge is 0.225 e. The van der Waals surface area contributed by atoms with Crippen LogP contribution in [-0.4, -0.2) is 49.5 Å². The van der Waals surface area contributed by atoms with Gasteiger partial charge in [-0.15, -0.1) is 0 Å². The molecule has 138 valence electrons. The van der Waals surface area contributed by atoms with Crippen molar-refractivity contribution < 1.29 is 14.3 Å². The Bertz CT molecular complexity index is 528. The monoisotopic (exact) mass is 347 g/mol. The first kappa shape index (κ1) is 19.2. The van der Waals surface area contributed by atoms with Gasteiger partial charge in [-0.3, -0.25) is 9.59 Å². The van der Waals surface area contributed by atoms with Gasteiger partial charge in [0.2, 0.25) is 11.8 Å². The lowest BCUT2D eigenvalue weighted by atomic mass is 9.95. The van der Waals surface area contributed by atoms with Crippen LogP contribution in [0.4, 0.5) is 0 Å². The van der Waals surface area contributed by atoms with Gasteiger partial charge in [0.25, 0.3) is 0 Å². The molecule has 25 heavy (non-hydrogen) atoms. The highest BCUT2D eigenvalue weighted by Gasteiger charge is 2.26. The number of amides is 2. The Morgan fingerprint density at radius 3 is 2.56 bits per heavy atom. The van der Waals surface area contributed by atoms with Gasteiger partial charge in [0.15, 0.2) is 0 Å². The van der Waals surface area contributed by atoms with Gasteiger partial charge in [-0.2, -0.15) is 0 Å². The van der Waals surface area contributed by atoms with Crippen LogP contribution in [-0.2, 0) is 9.59 Å². The molecule has 3 N–H and O–H groups in total. The SMILES string of the molecule is NCCCCNC(=O)C1CCN(C(=O)CCOc2ccccc2)CC1. The van der Waals surface area contributed by atoms with Crippen LogP contribution in [0.15, 0.2) is 30.3 Å². The Hall–Kier alpha value is -2.08. The summed E-state index contributed by atoms with van der Waals surface area (Å²) in [5, 5.41) is 2.97. The van der Waals surface area contributed by atoms with E-state index in [2.05, 4.69) is 5.32 Å². The maximum Gasteiger partial charge on any atom is 0.225 e. The van der Waals surface area contributed by atoms with Gasteiger partial charge in [-0.25, -0.2) is 0 Å². The van der Waals surface area contributed by atoms with Crippen molar-refractivity contribution in [3.05, 3.63) is 30.3 Å². The highest BCUT2D eigenvalue weighted by molar-refractivity contribution is 5.80. The maximum absolute atomic E-state index is 12.2. The minimum Gasteiger partial charge on any atom is -0.493 e. The van der Waals surface area contributed by atoms with Gasteiger partial charge in [-0.05, 0) is 44.4 Å². The van der Waals surface area contributed by atoms with E-state index in [1.54, 1.807) is 0 Å². The lowest BCUT2D eigenvalue weighted by molar-refractivity contribution is -0.136. The average molecular weight is 347 g/mol.